The van der Waals surface area contributed by atoms with E-state index in [4.69, 9.17) is 14.2 Å². The zero-order valence-corrected chi connectivity index (χ0v) is 35.4. The van der Waals surface area contributed by atoms with Gasteiger partial charge in [0.05, 0.1) is 26.4 Å². The number of aliphatic hydroxyl groups excluding tert-OH is 1. The van der Waals surface area contributed by atoms with Gasteiger partial charge >= 0.3 is 6.09 Å². The number of benzene rings is 4. The molecule has 0 aliphatic heterocycles. The van der Waals surface area contributed by atoms with Crippen molar-refractivity contribution in [2.75, 3.05) is 14.2 Å². The lowest BCUT2D eigenvalue weighted by atomic mass is 9.85. The summed E-state index contributed by atoms with van der Waals surface area (Å²) in [5.74, 6) is -1.29. The summed E-state index contributed by atoms with van der Waals surface area (Å²) in [5, 5.41) is 37.2. The van der Waals surface area contributed by atoms with E-state index < -0.39 is 65.4 Å². The average Bonchev–Trinajstić information content (AvgIpc) is 3.23. The summed E-state index contributed by atoms with van der Waals surface area (Å²) in [6.07, 6.45) is -2.28. The third-order valence-corrected chi connectivity index (χ3v) is 9.96. The van der Waals surface area contributed by atoms with Gasteiger partial charge in [-0.3, -0.25) is 19.7 Å². The Labute approximate surface area is 352 Å². The lowest BCUT2D eigenvalue weighted by Gasteiger charge is -2.35. The standard InChI is InChI=1S/C46H59N5O9/c1-29(2)38(42(54)48-26-32-22-23-34(58-6)25-36(32)52)50-43(55)39(47-27-33-20-14-15-21-37(33)59-7)40(53)35(24-30-16-10-8-11-17-30)49-44(56)41(46(3,4)5)51-45(57)60-28-31-18-12-9-13-19-31/h8-23,25,29,35,38-41,47,52-53H,24,26-28H2,1-7H3,(H,48,54)(H,49,56)(H,50,55)(H,51,57)/t35-,38-,39+,40-,41+/m0/s1. The monoisotopic (exact) mass is 825 g/mol. The molecule has 0 radical (unpaired) electrons. The van der Waals surface area contributed by atoms with Crippen LogP contribution in [0.5, 0.6) is 17.2 Å². The van der Waals surface area contributed by atoms with Gasteiger partial charge < -0.3 is 45.7 Å². The number of nitrogens with one attached hydrogen (secondary N) is 5. The first-order valence-corrected chi connectivity index (χ1v) is 19.9. The van der Waals surface area contributed by atoms with E-state index in [-0.39, 0.29) is 31.9 Å². The quantitative estimate of drug-likeness (QED) is 0.0654. The fourth-order valence-electron chi connectivity index (χ4n) is 6.51. The summed E-state index contributed by atoms with van der Waals surface area (Å²) in [5.41, 5.74) is 1.86. The molecule has 0 aliphatic carbocycles. The van der Waals surface area contributed by atoms with Crippen molar-refractivity contribution in [3.63, 3.8) is 0 Å². The second kappa shape index (κ2) is 22.3. The molecule has 5 atom stereocenters. The summed E-state index contributed by atoms with van der Waals surface area (Å²) in [7, 11) is 3.00. The predicted molar refractivity (Wildman–Crippen MR) is 228 cm³/mol. The number of ether oxygens (including phenoxy) is 3. The summed E-state index contributed by atoms with van der Waals surface area (Å²) >= 11 is 0. The predicted octanol–water partition coefficient (Wildman–Crippen LogP) is 4.75. The number of amides is 4. The average molecular weight is 826 g/mol. The number of hydrogen-bond donors (Lipinski definition) is 7. The Morgan fingerprint density at radius 2 is 1.32 bits per heavy atom. The fourth-order valence-corrected chi connectivity index (χ4v) is 6.51. The van der Waals surface area contributed by atoms with Crippen LogP contribution in [0.4, 0.5) is 4.79 Å². The minimum absolute atomic E-state index is 0.00545. The smallest absolute Gasteiger partial charge is 0.408 e. The summed E-state index contributed by atoms with van der Waals surface area (Å²) < 4.78 is 16.1. The van der Waals surface area contributed by atoms with Crippen molar-refractivity contribution in [2.24, 2.45) is 11.3 Å². The molecular formula is C46H59N5O9. The maximum atomic E-state index is 14.5. The van der Waals surface area contributed by atoms with Gasteiger partial charge in [0.25, 0.3) is 0 Å². The van der Waals surface area contributed by atoms with Crippen LogP contribution < -0.4 is 36.1 Å². The van der Waals surface area contributed by atoms with Crippen molar-refractivity contribution in [3.8, 4) is 17.2 Å². The van der Waals surface area contributed by atoms with Crippen LogP contribution in [0.2, 0.25) is 0 Å². The Morgan fingerprint density at radius 1 is 0.683 bits per heavy atom. The number of carbonyl (C=O) groups is 4. The minimum Gasteiger partial charge on any atom is -0.507 e. The van der Waals surface area contributed by atoms with Gasteiger partial charge in [0.1, 0.15) is 42.0 Å². The van der Waals surface area contributed by atoms with Crippen LogP contribution in [0.15, 0.2) is 103 Å². The minimum atomic E-state index is -1.58. The molecule has 0 fully saturated rings. The Balaban J connectivity index is 1.62. The molecule has 0 aliphatic rings. The molecule has 0 unspecified atom stereocenters. The van der Waals surface area contributed by atoms with E-state index in [1.54, 1.807) is 58.9 Å². The molecule has 14 heteroatoms. The number of aliphatic hydroxyl groups is 1. The highest BCUT2D eigenvalue weighted by molar-refractivity contribution is 5.91. The van der Waals surface area contributed by atoms with Crippen molar-refractivity contribution in [2.45, 2.75) is 91.0 Å². The number of aromatic hydroxyl groups is 1. The first kappa shape index (κ1) is 46.6. The lowest BCUT2D eigenvalue weighted by molar-refractivity contribution is -0.134. The maximum Gasteiger partial charge on any atom is 0.408 e. The van der Waals surface area contributed by atoms with Crippen molar-refractivity contribution in [1.29, 1.82) is 0 Å². The molecule has 4 aromatic rings. The zero-order valence-electron chi connectivity index (χ0n) is 35.4. The van der Waals surface area contributed by atoms with E-state index in [0.717, 1.165) is 11.1 Å². The highest BCUT2D eigenvalue weighted by Gasteiger charge is 2.40. The molecule has 60 heavy (non-hydrogen) atoms. The molecule has 0 saturated heterocycles. The van der Waals surface area contributed by atoms with E-state index in [1.165, 1.54) is 20.3 Å². The third-order valence-electron chi connectivity index (χ3n) is 9.96. The number of phenolic OH excluding ortho intramolecular Hbond substituents is 1. The third kappa shape index (κ3) is 13.7. The van der Waals surface area contributed by atoms with E-state index in [2.05, 4.69) is 26.6 Å². The molecule has 4 rings (SSSR count). The molecule has 4 aromatic carbocycles. The zero-order chi connectivity index (χ0) is 43.8. The van der Waals surface area contributed by atoms with Crippen molar-refractivity contribution >= 4 is 23.8 Å². The van der Waals surface area contributed by atoms with Crippen LogP contribution >= 0.6 is 0 Å². The first-order chi connectivity index (χ1) is 28.6. The van der Waals surface area contributed by atoms with Crippen LogP contribution in [-0.2, 0) is 45.2 Å². The Bertz CT molecular complexity index is 2010. The largest absolute Gasteiger partial charge is 0.507 e. The van der Waals surface area contributed by atoms with Crippen LogP contribution in [0, 0.1) is 11.3 Å². The normalized spacial score (nSPS) is 13.8. The van der Waals surface area contributed by atoms with E-state index >= 15 is 0 Å². The van der Waals surface area contributed by atoms with E-state index in [0.29, 0.717) is 22.6 Å². The number of rotatable bonds is 20. The van der Waals surface area contributed by atoms with Crippen LogP contribution in [0.25, 0.3) is 0 Å². The van der Waals surface area contributed by atoms with Gasteiger partial charge in [-0.15, -0.1) is 0 Å². The number of methoxy groups -OCH3 is 2. The van der Waals surface area contributed by atoms with E-state index in [1.807, 2.05) is 72.8 Å². The number of para-hydroxylation sites is 1. The summed E-state index contributed by atoms with van der Waals surface area (Å²) in [4.78, 5) is 55.4. The number of alkyl carbamates (subject to hydrolysis) is 1. The van der Waals surface area contributed by atoms with Crippen LogP contribution in [0.1, 0.15) is 56.9 Å². The van der Waals surface area contributed by atoms with Crippen LogP contribution in [-0.4, -0.2) is 78.5 Å². The van der Waals surface area contributed by atoms with Gasteiger partial charge in [-0.2, -0.15) is 0 Å². The fraction of sp³-hybridized carbons (Fsp3) is 0.391. The van der Waals surface area contributed by atoms with E-state index in [9.17, 15) is 29.4 Å². The van der Waals surface area contributed by atoms with Crippen molar-refractivity contribution in [3.05, 3.63) is 125 Å². The molecule has 7 N–H and O–H groups in total. The Hall–Kier alpha value is -6.12. The molecule has 0 saturated carbocycles. The molecule has 0 heterocycles. The Morgan fingerprint density at radius 3 is 1.92 bits per heavy atom. The van der Waals surface area contributed by atoms with Crippen molar-refractivity contribution in [1.82, 2.24) is 26.6 Å². The summed E-state index contributed by atoms with van der Waals surface area (Å²) in [6, 6.07) is 25.6. The van der Waals surface area contributed by atoms with Gasteiger partial charge in [0.2, 0.25) is 17.7 Å². The Kier molecular flexibility index (Phi) is 17.3. The molecule has 0 bridgehead atoms. The number of hydrogen-bond acceptors (Lipinski definition) is 10. The topological polar surface area (TPSA) is 197 Å². The number of phenols is 1. The van der Waals surface area contributed by atoms with Gasteiger partial charge in [-0.25, -0.2) is 4.79 Å². The second-order valence-corrected chi connectivity index (χ2v) is 15.9. The van der Waals surface area contributed by atoms with Crippen molar-refractivity contribution < 1.29 is 43.6 Å². The second-order valence-electron chi connectivity index (χ2n) is 15.9. The van der Waals surface area contributed by atoms with Gasteiger partial charge in [-0.1, -0.05) is 113 Å². The molecule has 14 nitrogen and oxygen atoms in total. The maximum absolute atomic E-state index is 14.5. The summed E-state index contributed by atoms with van der Waals surface area (Å²) in [6.45, 7) is 8.94. The first-order valence-electron chi connectivity index (χ1n) is 19.9. The van der Waals surface area contributed by atoms with Gasteiger partial charge in [0, 0.05) is 30.3 Å². The highest BCUT2D eigenvalue weighted by atomic mass is 16.5. The molecule has 0 spiro atoms. The van der Waals surface area contributed by atoms with Crippen LogP contribution in [0.3, 0.4) is 0 Å². The van der Waals surface area contributed by atoms with Gasteiger partial charge in [0.15, 0.2) is 0 Å². The number of carbonyl (C=O) groups excluding carboxylic acids is 4. The molecule has 0 aromatic heterocycles. The highest BCUT2D eigenvalue weighted by Crippen LogP contribution is 2.24. The SMILES string of the molecule is COc1ccc(CNC(=O)[C@@H](NC(=O)[C@H](NCc2ccccc2OC)[C@@H](O)[C@H](Cc2ccccc2)NC(=O)[C@@H](NC(=O)OCc2ccccc2)C(C)(C)C)C(C)C)c(O)c1. The molecule has 4 amide bonds. The van der Waals surface area contributed by atoms with Gasteiger partial charge in [-0.05, 0) is 47.1 Å². The molecule has 322 valence electrons. The lowest BCUT2D eigenvalue weighted by Crippen LogP contribution is -2.63. The molecular weight excluding hydrogens is 767 g/mol.